The Morgan fingerprint density at radius 2 is 1.95 bits per heavy atom. The van der Waals surface area contributed by atoms with Gasteiger partial charge in [0.05, 0.1) is 17.8 Å². The second-order valence-electron chi connectivity index (χ2n) is 3.78. The van der Waals surface area contributed by atoms with Gasteiger partial charge in [-0.3, -0.25) is 9.59 Å². The van der Waals surface area contributed by atoms with Crippen LogP contribution in [0.3, 0.4) is 0 Å². The van der Waals surface area contributed by atoms with E-state index in [9.17, 15) is 14.4 Å². The molecule has 0 bridgehead atoms. The number of nitrogens with zero attached hydrogens (tertiary/aromatic N) is 1. The maximum Gasteiger partial charge on any atom is 0.322 e. The van der Waals surface area contributed by atoms with Crippen molar-refractivity contribution in [1.82, 2.24) is 10.6 Å². The summed E-state index contributed by atoms with van der Waals surface area (Å²) in [5.41, 5.74) is 0.415. The summed E-state index contributed by atoms with van der Waals surface area (Å²) < 4.78 is 0. The number of hydrogen-bond donors (Lipinski definition) is 4. The number of carboxylic acid groups (broad SMARTS) is 1. The molecular formula is C12H11ClN4O4. The second-order valence-corrected chi connectivity index (χ2v) is 4.22. The fourth-order valence-corrected chi connectivity index (χ4v) is 1.45. The lowest BCUT2D eigenvalue weighted by molar-refractivity contribution is -0.137. The average molecular weight is 311 g/mol. The van der Waals surface area contributed by atoms with Gasteiger partial charge < -0.3 is 21.1 Å². The Hall–Kier alpha value is -2.79. The first kappa shape index (κ1) is 16.3. The summed E-state index contributed by atoms with van der Waals surface area (Å²) in [4.78, 5) is 33.0. The third-order valence-corrected chi connectivity index (χ3v) is 2.43. The van der Waals surface area contributed by atoms with Crippen LogP contribution in [0.25, 0.3) is 0 Å². The molecule has 3 amide bonds. The number of anilines is 1. The van der Waals surface area contributed by atoms with Gasteiger partial charge >= 0.3 is 12.0 Å². The minimum atomic E-state index is -1.19. The molecule has 4 N–H and O–H groups in total. The third kappa shape index (κ3) is 5.80. The van der Waals surface area contributed by atoms with E-state index >= 15 is 0 Å². The number of carbonyl (C=O) groups is 3. The molecule has 0 aromatic heterocycles. The second kappa shape index (κ2) is 7.72. The first-order valence-electron chi connectivity index (χ1n) is 5.65. The number of hydrogen-bond acceptors (Lipinski definition) is 4. The summed E-state index contributed by atoms with van der Waals surface area (Å²) in [5.74, 6) is -1.84. The molecule has 0 heterocycles. The molecule has 0 atom stereocenters. The fourth-order valence-electron chi connectivity index (χ4n) is 1.28. The lowest BCUT2D eigenvalue weighted by atomic mass is 10.2. The van der Waals surface area contributed by atoms with E-state index in [0.29, 0.717) is 5.02 Å². The monoisotopic (exact) mass is 310 g/mol. The summed E-state index contributed by atoms with van der Waals surface area (Å²) in [6.45, 7) is -0.934. The summed E-state index contributed by atoms with van der Waals surface area (Å²) >= 11 is 5.75. The van der Waals surface area contributed by atoms with Crippen LogP contribution in [0.15, 0.2) is 18.2 Å². The summed E-state index contributed by atoms with van der Waals surface area (Å²) in [6.07, 6.45) is 0. The van der Waals surface area contributed by atoms with Crippen LogP contribution in [-0.2, 0) is 9.59 Å². The maximum absolute atomic E-state index is 11.6. The molecule has 9 heteroatoms. The average Bonchev–Trinajstić information content (AvgIpc) is 2.43. The van der Waals surface area contributed by atoms with Crippen molar-refractivity contribution in [3.63, 3.8) is 0 Å². The van der Waals surface area contributed by atoms with Gasteiger partial charge in [0.1, 0.15) is 12.6 Å². The number of aliphatic carboxylic acids is 1. The number of halogens is 1. The zero-order valence-corrected chi connectivity index (χ0v) is 11.4. The van der Waals surface area contributed by atoms with Crippen LogP contribution in [0.5, 0.6) is 0 Å². The van der Waals surface area contributed by atoms with Crippen LogP contribution in [0.4, 0.5) is 10.5 Å². The van der Waals surface area contributed by atoms with Crippen LogP contribution < -0.4 is 16.0 Å². The van der Waals surface area contributed by atoms with Crippen molar-refractivity contribution in [3.8, 4) is 6.07 Å². The topological polar surface area (TPSA) is 131 Å². The molecular weight excluding hydrogens is 300 g/mol. The number of carboxylic acids is 1. The number of benzene rings is 1. The molecule has 8 nitrogen and oxygen atoms in total. The maximum atomic E-state index is 11.6. The highest BCUT2D eigenvalue weighted by atomic mass is 35.5. The summed E-state index contributed by atoms with van der Waals surface area (Å²) in [6, 6.07) is 5.49. The largest absolute Gasteiger partial charge is 0.480 e. The third-order valence-electron chi connectivity index (χ3n) is 2.20. The van der Waals surface area contributed by atoms with Crippen molar-refractivity contribution in [2.45, 2.75) is 0 Å². The van der Waals surface area contributed by atoms with Gasteiger partial charge in [0.15, 0.2) is 0 Å². The zero-order valence-electron chi connectivity index (χ0n) is 10.6. The summed E-state index contributed by atoms with van der Waals surface area (Å²) in [5, 5.41) is 24.2. The lowest BCUT2D eigenvalue weighted by Crippen LogP contribution is -2.40. The van der Waals surface area contributed by atoms with E-state index in [0.717, 1.165) is 0 Å². The predicted octanol–water partition coefficient (Wildman–Crippen LogP) is 0.534. The molecule has 1 aromatic carbocycles. The molecule has 0 saturated heterocycles. The van der Waals surface area contributed by atoms with Gasteiger partial charge in [-0.05, 0) is 18.2 Å². The highest BCUT2D eigenvalue weighted by Gasteiger charge is 2.09. The normalized spacial score (nSPS) is 9.33. The van der Waals surface area contributed by atoms with Gasteiger partial charge in [-0.25, -0.2) is 4.79 Å². The van der Waals surface area contributed by atoms with Crippen LogP contribution in [0.2, 0.25) is 5.02 Å². The van der Waals surface area contributed by atoms with Gasteiger partial charge in [-0.15, -0.1) is 0 Å². The molecule has 0 aliphatic carbocycles. The number of rotatable bonds is 5. The van der Waals surface area contributed by atoms with Crippen molar-refractivity contribution in [1.29, 1.82) is 5.26 Å². The minimum absolute atomic E-state index is 0.202. The molecule has 1 aromatic rings. The molecule has 0 aliphatic rings. The number of nitrogens with one attached hydrogen (secondary N) is 3. The quantitative estimate of drug-likeness (QED) is 0.630. The van der Waals surface area contributed by atoms with E-state index in [2.05, 4.69) is 16.0 Å². The van der Waals surface area contributed by atoms with E-state index in [1.807, 2.05) is 6.07 Å². The van der Waals surface area contributed by atoms with Gasteiger partial charge in [0.25, 0.3) is 0 Å². The fraction of sp³-hybridized carbons (Fsp3) is 0.167. The number of urea groups is 1. The first-order chi connectivity index (χ1) is 9.92. The lowest BCUT2D eigenvalue weighted by Gasteiger charge is -2.09. The number of amides is 3. The van der Waals surface area contributed by atoms with Crippen LogP contribution >= 0.6 is 11.6 Å². The van der Waals surface area contributed by atoms with Crippen LogP contribution in [-0.4, -0.2) is 36.1 Å². The Morgan fingerprint density at radius 3 is 2.57 bits per heavy atom. The van der Waals surface area contributed by atoms with Crippen molar-refractivity contribution >= 4 is 35.2 Å². The van der Waals surface area contributed by atoms with E-state index < -0.39 is 31.0 Å². The Bertz CT molecular complexity index is 612. The van der Waals surface area contributed by atoms with Crippen molar-refractivity contribution < 1.29 is 19.5 Å². The molecule has 21 heavy (non-hydrogen) atoms. The van der Waals surface area contributed by atoms with E-state index in [1.165, 1.54) is 18.2 Å². The van der Waals surface area contributed by atoms with Crippen molar-refractivity contribution in [3.05, 3.63) is 28.8 Å². The van der Waals surface area contributed by atoms with E-state index in [1.54, 1.807) is 0 Å². The molecule has 110 valence electrons. The molecule has 0 spiro atoms. The van der Waals surface area contributed by atoms with E-state index in [-0.39, 0.29) is 11.3 Å². The molecule has 0 radical (unpaired) electrons. The molecule has 0 fully saturated rings. The van der Waals surface area contributed by atoms with Crippen molar-refractivity contribution in [2.24, 2.45) is 0 Å². The predicted molar refractivity (Wildman–Crippen MR) is 73.8 cm³/mol. The van der Waals surface area contributed by atoms with Gasteiger partial charge in [0.2, 0.25) is 5.91 Å². The molecule has 0 unspecified atom stereocenters. The highest BCUT2D eigenvalue weighted by molar-refractivity contribution is 6.31. The smallest absolute Gasteiger partial charge is 0.322 e. The Morgan fingerprint density at radius 1 is 1.24 bits per heavy atom. The van der Waals surface area contributed by atoms with Gasteiger partial charge in [0, 0.05) is 5.02 Å². The Labute approximate surface area is 124 Å². The minimum Gasteiger partial charge on any atom is -0.480 e. The van der Waals surface area contributed by atoms with E-state index in [4.69, 9.17) is 22.0 Å². The Balaban J connectivity index is 2.51. The highest BCUT2D eigenvalue weighted by Crippen LogP contribution is 2.20. The van der Waals surface area contributed by atoms with Crippen LogP contribution in [0, 0.1) is 11.3 Å². The first-order valence-corrected chi connectivity index (χ1v) is 6.03. The number of carbonyl (C=O) groups excluding carboxylic acids is 2. The number of nitriles is 1. The van der Waals surface area contributed by atoms with Crippen molar-refractivity contribution in [2.75, 3.05) is 18.4 Å². The molecule has 0 saturated carbocycles. The molecule has 0 aliphatic heterocycles. The SMILES string of the molecule is N#Cc1ccc(Cl)cc1NC(=O)NCC(=O)NCC(=O)O. The van der Waals surface area contributed by atoms with Gasteiger partial charge in [-0.1, -0.05) is 11.6 Å². The van der Waals surface area contributed by atoms with Crippen LogP contribution in [0.1, 0.15) is 5.56 Å². The zero-order chi connectivity index (χ0) is 15.8. The summed E-state index contributed by atoms with van der Waals surface area (Å²) in [7, 11) is 0. The van der Waals surface area contributed by atoms with Gasteiger partial charge in [-0.2, -0.15) is 5.26 Å². The Kier molecular flexibility index (Phi) is 5.98. The standard InChI is InChI=1S/C12H11ClN4O4/c13-8-2-1-7(4-14)9(3-8)17-12(21)16-5-10(18)15-6-11(19)20/h1-3H,5-6H2,(H,15,18)(H,19,20)(H2,16,17,21). The molecule has 1 rings (SSSR count).